The fourth-order valence-electron chi connectivity index (χ4n) is 1.63. The Morgan fingerprint density at radius 3 is 2.75 bits per heavy atom. The minimum Gasteiger partial charge on any atom is -0.457 e. The van der Waals surface area contributed by atoms with Gasteiger partial charge in [0, 0.05) is 16.3 Å². The van der Waals surface area contributed by atoms with Crippen molar-refractivity contribution in [1.82, 2.24) is 0 Å². The number of esters is 1. The Balaban J connectivity index is 2.06. The molecule has 5 heteroatoms. The molecule has 0 saturated carbocycles. The van der Waals surface area contributed by atoms with Gasteiger partial charge in [-0.25, -0.2) is 4.79 Å². The number of nitrogens with zero attached hydrogens (tertiary/aromatic N) is 1. The second kappa shape index (κ2) is 6.09. The fourth-order valence-corrected chi connectivity index (χ4v) is 1.86. The minimum atomic E-state index is -0.474. The molecule has 0 radical (unpaired) electrons. The summed E-state index contributed by atoms with van der Waals surface area (Å²) in [5, 5.41) is 9.13. The van der Waals surface area contributed by atoms with Gasteiger partial charge in [0.2, 0.25) is 0 Å². The zero-order chi connectivity index (χ0) is 14.5. The van der Waals surface area contributed by atoms with Gasteiger partial charge in [0.25, 0.3) is 0 Å². The zero-order valence-corrected chi connectivity index (χ0v) is 11.2. The van der Waals surface area contributed by atoms with Crippen molar-refractivity contribution in [1.29, 1.82) is 5.26 Å². The number of carbonyl (C=O) groups excluding carboxylic acids is 1. The lowest BCUT2D eigenvalue weighted by Crippen LogP contribution is -2.06. The summed E-state index contributed by atoms with van der Waals surface area (Å²) < 4.78 is 5.16. The van der Waals surface area contributed by atoms with Crippen molar-refractivity contribution in [2.45, 2.75) is 6.61 Å². The summed E-state index contributed by atoms with van der Waals surface area (Å²) in [5.74, 6) is -0.474. The first kappa shape index (κ1) is 13.9. The number of carbonyl (C=O) groups is 1. The molecule has 2 rings (SSSR count). The molecule has 0 unspecified atom stereocenters. The SMILES string of the molecule is N#Cc1ccc(COC(=O)c2cccc(N)c2)c(Cl)c1. The van der Waals surface area contributed by atoms with Crippen molar-refractivity contribution in [3.05, 3.63) is 64.2 Å². The first-order valence-electron chi connectivity index (χ1n) is 5.81. The first-order chi connectivity index (χ1) is 9.60. The molecule has 0 heterocycles. The van der Waals surface area contributed by atoms with Gasteiger partial charge in [-0.05, 0) is 30.3 Å². The van der Waals surface area contributed by atoms with Crippen LogP contribution in [0.25, 0.3) is 0 Å². The van der Waals surface area contributed by atoms with E-state index in [0.29, 0.717) is 27.4 Å². The molecule has 100 valence electrons. The number of ether oxygens (including phenoxy) is 1. The Kier molecular flexibility index (Phi) is 4.24. The number of benzene rings is 2. The molecule has 0 aliphatic heterocycles. The molecule has 20 heavy (non-hydrogen) atoms. The average Bonchev–Trinajstić information content (AvgIpc) is 2.45. The Morgan fingerprint density at radius 1 is 1.30 bits per heavy atom. The Hall–Kier alpha value is -2.51. The predicted molar refractivity (Wildman–Crippen MR) is 76.1 cm³/mol. The van der Waals surface area contributed by atoms with Crippen LogP contribution in [0.1, 0.15) is 21.5 Å². The summed E-state index contributed by atoms with van der Waals surface area (Å²) in [4.78, 5) is 11.8. The summed E-state index contributed by atoms with van der Waals surface area (Å²) in [5.41, 5.74) is 7.58. The van der Waals surface area contributed by atoms with E-state index in [2.05, 4.69) is 0 Å². The standard InChI is InChI=1S/C15H11ClN2O2/c16-14-6-10(8-17)4-5-12(14)9-20-15(19)11-2-1-3-13(18)7-11/h1-7H,9,18H2. The van der Waals surface area contributed by atoms with Gasteiger partial charge < -0.3 is 10.5 Å². The van der Waals surface area contributed by atoms with Crippen LogP contribution >= 0.6 is 11.6 Å². The van der Waals surface area contributed by atoms with E-state index >= 15 is 0 Å². The largest absolute Gasteiger partial charge is 0.457 e. The van der Waals surface area contributed by atoms with Gasteiger partial charge in [0.15, 0.2) is 0 Å². The number of hydrogen-bond donors (Lipinski definition) is 1. The quantitative estimate of drug-likeness (QED) is 0.694. The van der Waals surface area contributed by atoms with E-state index in [1.54, 1.807) is 36.4 Å². The van der Waals surface area contributed by atoms with Crippen LogP contribution in [0, 0.1) is 11.3 Å². The van der Waals surface area contributed by atoms with E-state index in [1.807, 2.05) is 6.07 Å². The molecule has 0 bridgehead atoms. The molecule has 0 amide bonds. The third-order valence-electron chi connectivity index (χ3n) is 2.66. The monoisotopic (exact) mass is 286 g/mol. The molecule has 0 aliphatic rings. The van der Waals surface area contributed by atoms with Crippen LogP contribution in [0.3, 0.4) is 0 Å². The highest BCUT2D eigenvalue weighted by atomic mass is 35.5. The minimum absolute atomic E-state index is 0.0399. The van der Waals surface area contributed by atoms with Gasteiger partial charge in [0.05, 0.1) is 17.2 Å². The maximum atomic E-state index is 11.8. The number of rotatable bonds is 3. The second-order valence-electron chi connectivity index (χ2n) is 4.12. The van der Waals surface area contributed by atoms with E-state index in [1.165, 1.54) is 6.07 Å². The normalized spacial score (nSPS) is 9.80. The molecular formula is C15H11ClN2O2. The molecule has 4 nitrogen and oxygen atoms in total. The number of nitrogen functional groups attached to an aromatic ring is 1. The van der Waals surface area contributed by atoms with E-state index in [4.69, 9.17) is 27.3 Å². The summed E-state index contributed by atoms with van der Waals surface area (Å²) in [7, 11) is 0. The Bertz CT molecular complexity index is 693. The summed E-state index contributed by atoms with van der Waals surface area (Å²) in [6.45, 7) is 0.0399. The lowest BCUT2D eigenvalue weighted by molar-refractivity contribution is 0.0473. The van der Waals surface area contributed by atoms with Crippen molar-refractivity contribution in [2.75, 3.05) is 5.73 Å². The van der Waals surface area contributed by atoms with Gasteiger partial charge in [0.1, 0.15) is 6.61 Å². The highest BCUT2D eigenvalue weighted by Crippen LogP contribution is 2.19. The van der Waals surface area contributed by atoms with E-state index in [9.17, 15) is 4.79 Å². The van der Waals surface area contributed by atoms with Crippen molar-refractivity contribution in [3.8, 4) is 6.07 Å². The van der Waals surface area contributed by atoms with Crippen molar-refractivity contribution in [2.24, 2.45) is 0 Å². The van der Waals surface area contributed by atoms with Crippen LogP contribution in [0.5, 0.6) is 0 Å². The third-order valence-corrected chi connectivity index (χ3v) is 3.02. The summed E-state index contributed by atoms with van der Waals surface area (Å²) in [6.07, 6.45) is 0. The molecular weight excluding hydrogens is 276 g/mol. The number of hydrogen-bond acceptors (Lipinski definition) is 4. The lowest BCUT2D eigenvalue weighted by Gasteiger charge is -2.07. The van der Waals surface area contributed by atoms with E-state index in [-0.39, 0.29) is 6.61 Å². The zero-order valence-electron chi connectivity index (χ0n) is 10.5. The highest BCUT2D eigenvalue weighted by molar-refractivity contribution is 6.31. The fraction of sp³-hybridized carbons (Fsp3) is 0.0667. The molecule has 2 aromatic carbocycles. The predicted octanol–water partition coefficient (Wildman–Crippen LogP) is 3.15. The molecule has 0 aliphatic carbocycles. The van der Waals surface area contributed by atoms with Crippen molar-refractivity contribution >= 4 is 23.3 Å². The van der Waals surface area contributed by atoms with Crippen molar-refractivity contribution in [3.63, 3.8) is 0 Å². The summed E-state index contributed by atoms with van der Waals surface area (Å²) >= 11 is 6.00. The topological polar surface area (TPSA) is 76.1 Å². The van der Waals surface area contributed by atoms with Gasteiger partial charge in [-0.3, -0.25) is 0 Å². The molecule has 0 fully saturated rings. The van der Waals surface area contributed by atoms with Gasteiger partial charge in [-0.2, -0.15) is 5.26 Å². The smallest absolute Gasteiger partial charge is 0.338 e. The number of nitrogens with two attached hydrogens (primary N) is 1. The molecule has 0 spiro atoms. The lowest BCUT2D eigenvalue weighted by atomic mass is 10.1. The van der Waals surface area contributed by atoms with Crippen LogP contribution in [-0.2, 0) is 11.3 Å². The number of anilines is 1. The number of nitriles is 1. The molecule has 0 saturated heterocycles. The second-order valence-corrected chi connectivity index (χ2v) is 4.53. The molecule has 2 N–H and O–H groups in total. The molecule has 2 aromatic rings. The van der Waals surface area contributed by atoms with Gasteiger partial charge >= 0.3 is 5.97 Å². The maximum absolute atomic E-state index is 11.8. The van der Waals surface area contributed by atoms with Crippen LogP contribution in [0.4, 0.5) is 5.69 Å². The van der Waals surface area contributed by atoms with Crippen LogP contribution in [0.2, 0.25) is 5.02 Å². The highest BCUT2D eigenvalue weighted by Gasteiger charge is 2.09. The third kappa shape index (κ3) is 3.28. The van der Waals surface area contributed by atoms with E-state index < -0.39 is 5.97 Å². The summed E-state index contributed by atoms with van der Waals surface area (Å²) in [6, 6.07) is 13.3. The average molecular weight is 287 g/mol. The van der Waals surface area contributed by atoms with Gasteiger partial charge in [-0.15, -0.1) is 0 Å². The number of halogens is 1. The first-order valence-corrected chi connectivity index (χ1v) is 6.19. The van der Waals surface area contributed by atoms with Crippen LogP contribution < -0.4 is 5.73 Å². The van der Waals surface area contributed by atoms with Crippen molar-refractivity contribution < 1.29 is 9.53 Å². The van der Waals surface area contributed by atoms with Crippen LogP contribution in [0.15, 0.2) is 42.5 Å². The molecule has 0 atom stereocenters. The Morgan fingerprint density at radius 2 is 2.10 bits per heavy atom. The van der Waals surface area contributed by atoms with E-state index in [0.717, 1.165) is 0 Å². The van der Waals surface area contributed by atoms with Gasteiger partial charge in [-0.1, -0.05) is 23.7 Å². The van der Waals surface area contributed by atoms with Crippen LogP contribution in [-0.4, -0.2) is 5.97 Å². The maximum Gasteiger partial charge on any atom is 0.338 e. The molecule has 0 aromatic heterocycles. The Labute approximate surface area is 121 Å².